The molecule has 0 aromatic heterocycles. The average molecular weight is 216 g/mol. The smallest absolute Gasteiger partial charge is 0.339 e. The first-order valence-corrected chi connectivity index (χ1v) is 4.80. The summed E-state index contributed by atoms with van der Waals surface area (Å²) in [5, 5.41) is 0. The van der Waals surface area contributed by atoms with E-state index in [9.17, 15) is 9.59 Å². The molecule has 0 radical (unpaired) electrons. The Kier molecular flexibility index (Phi) is 4.28. The molecule has 0 saturated carbocycles. The fourth-order valence-corrected chi connectivity index (χ4v) is 1.24. The topological polar surface area (TPSA) is 43.4 Å². The summed E-state index contributed by atoms with van der Waals surface area (Å²) in [5.41, 5.74) is 2.02. The third-order valence-electron chi connectivity index (χ3n) is 1.99. The molecule has 82 valence electrons. The lowest BCUT2D eigenvalue weighted by Crippen LogP contribution is -2.04. The lowest BCUT2D eigenvalue weighted by atomic mass is 10.0. The second kappa shape index (κ2) is 5.72. The number of rotatable bonds is 2. The van der Waals surface area contributed by atoms with Crippen molar-refractivity contribution < 1.29 is 14.3 Å². The van der Waals surface area contributed by atoms with E-state index in [0.717, 1.165) is 11.8 Å². The zero-order valence-corrected chi connectivity index (χ0v) is 9.24. The summed E-state index contributed by atoms with van der Waals surface area (Å²) in [5.74, 6) is 5.04. The third-order valence-corrected chi connectivity index (χ3v) is 1.99. The number of benzene rings is 1. The number of esters is 1. The van der Waals surface area contributed by atoms with Crippen molar-refractivity contribution in [2.75, 3.05) is 7.11 Å². The fourth-order valence-electron chi connectivity index (χ4n) is 1.24. The number of ether oxygens (including phenoxy) is 1. The van der Waals surface area contributed by atoms with E-state index in [1.807, 2.05) is 13.0 Å². The normalized spacial score (nSPS) is 8.88. The quantitative estimate of drug-likeness (QED) is 0.429. The van der Waals surface area contributed by atoms with Gasteiger partial charge in [0, 0.05) is 5.56 Å². The molecule has 0 N–H and O–H groups in total. The Bertz CT molecular complexity index is 464. The van der Waals surface area contributed by atoms with Crippen molar-refractivity contribution in [2.45, 2.75) is 13.3 Å². The van der Waals surface area contributed by atoms with Crippen LogP contribution in [0.25, 0.3) is 0 Å². The van der Waals surface area contributed by atoms with Crippen molar-refractivity contribution >= 4 is 12.3 Å². The Hall–Kier alpha value is -2.08. The minimum atomic E-state index is -0.421. The maximum Gasteiger partial charge on any atom is 0.339 e. The summed E-state index contributed by atoms with van der Waals surface area (Å²) in [6.45, 7) is 1.91. The zero-order chi connectivity index (χ0) is 12.0. The van der Waals surface area contributed by atoms with Crippen LogP contribution in [0.15, 0.2) is 18.2 Å². The second-order valence-electron chi connectivity index (χ2n) is 3.21. The highest BCUT2D eigenvalue weighted by Crippen LogP contribution is 2.11. The van der Waals surface area contributed by atoms with Gasteiger partial charge < -0.3 is 9.53 Å². The number of hydrogen-bond acceptors (Lipinski definition) is 3. The average Bonchev–Trinajstić information content (AvgIpc) is 2.29. The van der Waals surface area contributed by atoms with Crippen LogP contribution in [0, 0.1) is 18.8 Å². The van der Waals surface area contributed by atoms with Gasteiger partial charge in [-0.1, -0.05) is 17.9 Å². The molecule has 0 fully saturated rings. The number of hydrogen-bond donors (Lipinski definition) is 0. The van der Waals surface area contributed by atoms with Crippen LogP contribution in [-0.2, 0) is 9.53 Å². The molecule has 0 aliphatic carbocycles. The molecular formula is C13H12O3. The van der Waals surface area contributed by atoms with Gasteiger partial charge in [-0.3, -0.25) is 0 Å². The second-order valence-corrected chi connectivity index (χ2v) is 3.21. The molecule has 1 aromatic rings. The maximum atomic E-state index is 11.4. The Labute approximate surface area is 94.4 Å². The molecule has 0 heterocycles. The maximum absolute atomic E-state index is 11.4. The van der Waals surface area contributed by atoms with E-state index in [2.05, 4.69) is 16.6 Å². The summed E-state index contributed by atoms with van der Waals surface area (Å²) in [6, 6.07) is 5.29. The van der Waals surface area contributed by atoms with E-state index < -0.39 is 5.97 Å². The predicted octanol–water partition coefficient (Wildman–Crippen LogP) is 1.72. The summed E-state index contributed by atoms with van der Waals surface area (Å²) in [7, 11) is 1.32. The van der Waals surface area contributed by atoms with Crippen molar-refractivity contribution in [1.29, 1.82) is 0 Å². The van der Waals surface area contributed by atoms with Gasteiger partial charge in [-0.2, -0.15) is 0 Å². The number of carbonyl (C=O) groups excluding carboxylic acids is 2. The van der Waals surface area contributed by atoms with Gasteiger partial charge in [0.05, 0.1) is 19.1 Å². The number of carbonyl (C=O) groups is 2. The Balaban J connectivity index is 3.14. The molecule has 0 aliphatic heterocycles. The summed E-state index contributed by atoms with van der Waals surface area (Å²) in [4.78, 5) is 21.6. The first-order chi connectivity index (χ1) is 7.69. The minimum Gasteiger partial charge on any atom is -0.465 e. The number of methoxy groups -OCH3 is 1. The van der Waals surface area contributed by atoms with Gasteiger partial charge in [-0.05, 0) is 24.6 Å². The van der Waals surface area contributed by atoms with Crippen LogP contribution >= 0.6 is 0 Å². The van der Waals surface area contributed by atoms with Gasteiger partial charge in [-0.15, -0.1) is 0 Å². The molecule has 0 unspecified atom stereocenters. The zero-order valence-electron chi connectivity index (χ0n) is 9.24. The van der Waals surface area contributed by atoms with E-state index in [0.29, 0.717) is 11.1 Å². The van der Waals surface area contributed by atoms with Crippen LogP contribution < -0.4 is 0 Å². The van der Waals surface area contributed by atoms with Crippen LogP contribution in [0.4, 0.5) is 0 Å². The largest absolute Gasteiger partial charge is 0.465 e. The highest BCUT2D eigenvalue weighted by Gasteiger charge is 2.09. The molecule has 0 bridgehead atoms. The molecule has 1 rings (SSSR count). The van der Waals surface area contributed by atoms with Crippen LogP contribution in [0.3, 0.4) is 0 Å². The van der Waals surface area contributed by atoms with Crippen molar-refractivity contribution in [3.63, 3.8) is 0 Å². The van der Waals surface area contributed by atoms with Crippen molar-refractivity contribution in [1.82, 2.24) is 0 Å². The van der Waals surface area contributed by atoms with Crippen LogP contribution in [-0.4, -0.2) is 19.4 Å². The van der Waals surface area contributed by atoms with E-state index in [-0.39, 0.29) is 6.42 Å². The van der Waals surface area contributed by atoms with E-state index in [1.54, 1.807) is 12.1 Å². The lowest BCUT2D eigenvalue weighted by Gasteiger charge is -2.03. The number of aryl methyl sites for hydroxylation is 1. The van der Waals surface area contributed by atoms with Gasteiger partial charge in [0.1, 0.15) is 6.29 Å². The van der Waals surface area contributed by atoms with Crippen LogP contribution in [0.2, 0.25) is 0 Å². The Morgan fingerprint density at radius 2 is 2.25 bits per heavy atom. The van der Waals surface area contributed by atoms with Crippen molar-refractivity contribution in [3.05, 3.63) is 34.9 Å². The first-order valence-electron chi connectivity index (χ1n) is 4.80. The molecule has 0 saturated heterocycles. The molecule has 0 atom stereocenters. The van der Waals surface area contributed by atoms with Gasteiger partial charge in [0.2, 0.25) is 0 Å². The molecular weight excluding hydrogens is 204 g/mol. The van der Waals surface area contributed by atoms with Gasteiger partial charge in [-0.25, -0.2) is 4.79 Å². The molecule has 0 spiro atoms. The van der Waals surface area contributed by atoms with Crippen molar-refractivity contribution in [2.24, 2.45) is 0 Å². The minimum absolute atomic E-state index is 0.161. The summed E-state index contributed by atoms with van der Waals surface area (Å²) >= 11 is 0. The molecule has 0 aliphatic rings. The SMILES string of the molecule is COC(=O)c1ccc(C)cc1C#CCC=O. The highest BCUT2D eigenvalue weighted by atomic mass is 16.5. The summed E-state index contributed by atoms with van der Waals surface area (Å²) < 4.78 is 4.65. The Morgan fingerprint density at radius 1 is 1.50 bits per heavy atom. The van der Waals surface area contributed by atoms with E-state index in [4.69, 9.17) is 0 Å². The molecule has 16 heavy (non-hydrogen) atoms. The standard InChI is InChI=1S/C13H12O3/c1-10-6-7-12(13(15)16-2)11(9-10)5-3-4-8-14/h6-9H,4H2,1-2H3. The van der Waals surface area contributed by atoms with Gasteiger partial charge in [0.15, 0.2) is 0 Å². The molecule has 1 aromatic carbocycles. The summed E-state index contributed by atoms with van der Waals surface area (Å²) in [6.07, 6.45) is 0.884. The lowest BCUT2D eigenvalue weighted by molar-refractivity contribution is -0.107. The molecule has 3 nitrogen and oxygen atoms in total. The van der Waals surface area contributed by atoms with Gasteiger partial charge >= 0.3 is 5.97 Å². The molecule has 3 heteroatoms. The first kappa shape index (κ1) is 12.0. The van der Waals surface area contributed by atoms with Crippen molar-refractivity contribution in [3.8, 4) is 11.8 Å². The fraction of sp³-hybridized carbons (Fsp3) is 0.231. The van der Waals surface area contributed by atoms with E-state index in [1.165, 1.54) is 7.11 Å². The monoisotopic (exact) mass is 216 g/mol. The Morgan fingerprint density at radius 3 is 2.88 bits per heavy atom. The predicted molar refractivity (Wildman–Crippen MR) is 60.1 cm³/mol. The van der Waals surface area contributed by atoms with Gasteiger partial charge in [0.25, 0.3) is 0 Å². The third kappa shape index (κ3) is 2.96. The molecule has 0 amide bonds. The van der Waals surface area contributed by atoms with E-state index >= 15 is 0 Å². The van der Waals surface area contributed by atoms with Crippen LogP contribution in [0.1, 0.15) is 27.9 Å². The number of aldehydes is 1. The highest BCUT2D eigenvalue weighted by molar-refractivity contribution is 5.92. The van der Waals surface area contributed by atoms with Crippen LogP contribution in [0.5, 0.6) is 0 Å².